The van der Waals surface area contributed by atoms with E-state index in [2.05, 4.69) is 21.2 Å². The maximum atomic E-state index is 12.8. The van der Waals surface area contributed by atoms with Crippen molar-refractivity contribution in [3.8, 4) is 0 Å². The van der Waals surface area contributed by atoms with Crippen molar-refractivity contribution in [1.29, 1.82) is 0 Å². The molecule has 114 valence electrons. The van der Waals surface area contributed by atoms with Crippen molar-refractivity contribution < 1.29 is 8.42 Å². The summed E-state index contributed by atoms with van der Waals surface area (Å²) in [5.74, 6) is 0.541. The fourth-order valence-electron chi connectivity index (χ4n) is 2.33. The quantitative estimate of drug-likeness (QED) is 0.790. The van der Waals surface area contributed by atoms with Crippen LogP contribution in [0.25, 0.3) is 0 Å². The van der Waals surface area contributed by atoms with Crippen molar-refractivity contribution >= 4 is 37.3 Å². The van der Waals surface area contributed by atoms with E-state index < -0.39 is 10.0 Å². The largest absolute Gasteiger partial charge is 0.315 e. The molecule has 1 aromatic rings. The Labute approximate surface area is 133 Å². The molecule has 1 aromatic heterocycles. The molecule has 1 heterocycles. The molecule has 20 heavy (non-hydrogen) atoms. The first-order valence-corrected chi connectivity index (χ1v) is 9.97. The van der Waals surface area contributed by atoms with E-state index in [9.17, 15) is 8.42 Å². The maximum Gasteiger partial charge on any atom is 0.245 e. The van der Waals surface area contributed by atoms with Gasteiger partial charge >= 0.3 is 0 Å². The van der Waals surface area contributed by atoms with Gasteiger partial charge in [0.2, 0.25) is 10.0 Å². The van der Waals surface area contributed by atoms with Crippen LogP contribution < -0.4 is 5.32 Å². The Morgan fingerprint density at radius 1 is 1.50 bits per heavy atom. The molecule has 0 amide bonds. The fourth-order valence-corrected chi connectivity index (χ4v) is 6.50. The molecule has 1 aliphatic rings. The highest BCUT2D eigenvalue weighted by Gasteiger charge is 2.30. The maximum absolute atomic E-state index is 12.8. The van der Waals surface area contributed by atoms with Crippen LogP contribution in [0.15, 0.2) is 14.7 Å². The van der Waals surface area contributed by atoms with Gasteiger partial charge in [0.05, 0.1) is 3.79 Å². The zero-order valence-electron chi connectivity index (χ0n) is 11.9. The van der Waals surface area contributed by atoms with E-state index in [1.807, 2.05) is 14.0 Å². The van der Waals surface area contributed by atoms with Crippen LogP contribution in [0.5, 0.6) is 0 Å². The van der Waals surface area contributed by atoms with E-state index in [1.54, 1.807) is 10.4 Å². The molecule has 1 fully saturated rings. The highest BCUT2D eigenvalue weighted by atomic mass is 79.9. The average molecular weight is 381 g/mol. The summed E-state index contributed by atoms with van der Waals surface area (Å²) >= 11 is 4.88. The lowest BCUT2D eigenvalue weighted by atomic mass is 9.85. The summed E-state index contributed by atoms with van der Waals surface area (Å²) < 4.78 is 27.8. The minimum absolute atomic E-state index is 0.411. The Kier molecular flexibility index (Phi) is 5.64. The lowest BCUT2D eigenvalue weighted by Crippen LogP contribution is -2.37. The van der Waals surface area contributed by atoms with Crippen LogP contribution in [0.1, 0.15) is 31.1 Å². The highest BCUT2D eigenvalue weighted by Crippen LogP contribution is 2.35. The Morgan fingerprint density at radius 3 is 2.70 bits per heavy atom. The van der Waals surface area contributed by atoms with Gasteiger partial charge in [-0.1, -0.05) is 13.3 Å². The molecule has 7 heteroatoms. The predicted molar refractivity (Wildman–Crippen MR) is 86.6 cm³/mol. The Morgan fingerprint density at radius 2 is 2.20 bits per heavy atom. The second-order valence-corrected chi connectivity index (χ2v) is 9.49. The Hall–Kier alpha value is 0.0500. The highest BCUT2D eigenvalue weighted by molar-refractivity contribution is 9.11. The summed E-state index contributed by atoms with van der Waals surface area (Å²) in [6, 6.07) is 1.78. The van der Waals surface area contributed by atoms with Gasteiger partial charge in [0.15, 0.2) is 0 Å². The van der Waals surface area contributed by atoms with Crippen molar-refractivity contribution in [3.05, 3.63) is 14.7 Å². The summed E-state index contributed by atoms with van der Waals surface area (Å²) in [5.41, 5.74) is 0. The minimum atomic E-state index is -3.38. The van der Waals surface area contributed by atoms with Gasteiger partial charge in [-0.25, -0.2) is 8.42 Å². The molecule has 0 saturated heterocycles. The van der Waals surface area contributed by atoms with Gasteiger partial charge in [0.25, 0.3) is 0 Å². The second-order valence-electron chi connectivity index (χ2n) is 5.13. The monoisotopic (exact) mass is 380 g/mol. The van der Waals surface area contributed by atoms with Crippen LogP contribution in [-0.2, 0) is 16.6 Å². The van der Waals surface area contributed by atoms with E-state index in [-0.39, 0.29) is 0 Å². The topological polar surface area (TPSA) is 49.4 Å². The van der Waals surface area contributed by atoms with Crippen LogP contribution >= 0.6 is 27.3 Å². The normalized spacial score (nSPS) is 16.6. The third-order valence-corrected chi connectivity index (χ3v) is 7.91. The lowest BCUT2D eigenvalue weighted by molar-refractivity contribution is 0.250. The van der Waals surface area contributed by atoms with Gasteiger partial charge in [-0.15, -0.1) is 11.3 Å². The van der Waals surface area contributed by atoms with Gasteiger partial charge in [0, 0.05) is 24.5 Å². The number of halogens is 1. The number of thiophene rings is 1. The third kappa shape index (κ3) is 3.44. The summed E-state index contributed by atoms with van der Waals surface area (Å²) in [5, 5.41) is 3.05. The SMILES string of the molecule is CCN(CC1CCC1)S(=O)(=O)c1cc(CNC)sc1Br. The number of nitrogens with zero attached hydrogens (tertiary/aromatic N) is 1. The number of nitrogens with one attached hydrogen (secondary N) is 1. The van der Waals surface area contributed by atoms with E-state index >= 15 is 0 Å². The molecule has 0 atom stereocenters. The molecule has 2 rings (SSSR count). The molecule has 1 aliphatic carbocycles. The van der Waals surface area contributed by atoms with Gasteiger partial charge in [0.1, 0.15) is 4.90 Å². The summed E-state index contributed by atoms with van der Waals surface area (Å²) in [7, 11) is -1.52. The molecule has 0 unspecified atom stereocenters. The predicted octanol–water partition coefficient (Wildman–Crippen LogP) is 3.04. The molecule has 0 aliphatic heterocycles. The zero-order valence-corrected chi connectivity index (χ0v) is 15.1. The molecule has 1 N–H and O–H groups in total. The van der Waals surface area contributed by atoms with E-state index in [0.717, 1.165) is 17.7 Å². The Bertz CT molecular complexity index is 553. The van der Waals surface area contributed by atoms with Crippen molar-refractivity contribution in [2.45, 2.75) is 37.6 Å². The van der Waals surface area contributed by atoms with Crippen molar-refractivity contribution in [2.75, 3.05) is 20.1 Å². The van der Waals surface area contributed by atoms with Gasteiger partial charge in [-0.2, -0.15) is 4.31 Å². The van der Waals surface area contributed by atoms with E-state index in [0.29, 0.717) is 34.2 Å². The Balaban J connectivity index is 2.22. The number of hydrogen-bond acceptors (Lipinski definition) is 4. The van der Waals surface area contributed by atoms with Crippen LogP contribution in [-0.4, -0.2) is 32.9 Å². The molecule has 0 spiro atoms. The first-order valence-electron chi connectivity index (χ1n) is 6.92. The van der Waals surface area contributed by atoms with Gasteiger partial charge < -0.3 is 5.32 Å². The molecular weight excluding hydrogens is 360 g/mol. The molecule has 0 aromatic carbocycles. The fraction of sp³-hybridized carbons (Fsp3) is 0.692. The molecular formula is C13H21BrN2O2S2. The average Bonchev–Trinajstić information content (AvgIpc) is 2.70. The first-order chi connectivity index (χ1) is 9.48. The zero-order chi connectivity index (χ0) is 14.8. The molecule has 4 nitrogen and oxygen atoms in total. The van der Waals surface area contributed by atoms with Crippen LogP contribution in [0, 0.1) is 5.92 Å². The van der Waals surface area contributed by atoms with Crippen molar-refractivity contribution in [1.82, 2.24) is 9.62 Å². The van der Waals surface area contributed by atoms with E-state index in [4.69, 9.17) is 0 Å². The molecule has 1 saturated carbocycles. The molecule has 0 radical (unpaired) electrons. The van der Waals surface area contributed by atoms with Crippen LogP contribution in [0.3, 0.4) is 0 Å². The van der Waals surface area contributed by atoms with E-state index in [1.165, 1.54) is 17.8 Å². The lowest BCUT2D eigenvalue weighted by Gasteiger charge is -2.31. The number of hydrogen-bond donors (Lipinski definition) is 1. The third-order valence-electron chi connectivity index (χ3n) is 3.71. The molecule has 0 bridgehead atoms. The van der Waals surface area contributed by atoms with Gasteiger partial charge in [-0.3, -0.25) is 0 Å². The standard InChI is InChI=1S/C13H21BrN2O2S2/c1-3-16(9-10-5-4-6-10)20(17,18)12-7-11(8-15-2)19-13(12)14/h7,10,15H,3-6,8-9H2,1-2H3. The number of rotatable bonds is 7. The first kappa shape index (κ1) is 16.4. The number of sulfonamides is 1. The van der Waals surface area contributed by atoms with Crippen LogP contribution in [0.2, 0.25) is 0 Å². The smallest absolute Gasteiger partial charge is 0.245 e. The van der Waals surface area contributed by atoms with Crippen LogP contribution in [0.4, 0.5) is 0 Å². The van der Waals surface area contributed by atoms with Crippen molar-refractivity contribution in [3.63, 3.8) is 0 Å². The minimum Gasteiger partial charge on any atom is -0.315 e. The summed E-state index contributed by atoms with van der Waals surface area (Å²) in [6.07, 6.45) is 3.54. The van der Waals surface area contributed by atoms with Gasteiger partial charge in [-0.05, 0) is 47.8 Å². The summed E-state index contributed by atoms with van der Waals surface area (Å²) in [6.45, 7) is 3.78. The summed E-state index contributed by atoms with van der Waals surface area (Å²) in [4.78, 5) is 1.44. The second kappa shape index (κ2) is 6.87. The van der Waals surface area contributed by atoms with Crippen molar-refractivity contribution in [2.24, 2.45) is 5.92 Å².